The van der Waals surface area contributed by atoms with Crippen molar-refractivity contribution < 1.29 is 14.3 Å². The van der Waals surface area contributed by atoms with Crippen LogP contribution in [0.4, 0.5) is 0 Å². The van der Waals surface area contributed by atoms with E-state index in [-0.39, 0.29) is 17.2 Å². The minimum Gasteiger partial charge on any atom is -0.457 e. The lowest BCUT2D eigenvalue weighted by Crippen LogP contribution is -2.41. The SMILES string of the molecule is O=C(CSc1nc2ccccc2c(=O)n1-c1ccc(Oc2ccccc2)cc1)N1CCOCC1. The van der Waals surface area contributed by atoms with E-state index in [9.17, 15) is 9.59 Å². The fourth-order valence-corrected chi connectivity index (χ4v) is 4.67. The topological polar surface area (TPSA) is 73.7 Å². The number of ether oxygens (including phenoxy) is 2. The zero-order valence-electron chi connectivity index (χ0n) is 18.4. The van der Waals surface area contributed by atoms with Crippen molar-refractivity contribution in [1.82, 2.24) is 14.5 Å². The molecular weight excluding hydrogens is 450 g/mol. The molecule has 0 radical (unpaired) electrons. The second-order valence-electron chi connectivity index (χ2n) is 7.74. The van der Waals surface area contributed by atoms with Crippen LogP contribution in [-0.4, -0.2) is 52.4 Å². The number of thioether (sulfide) groups is 1. The molecule has 1 aliphatic rings. The van der Waals surface area contributed by atoms with Crippen LogP contribution in [0.25, 0.3) is 16.6 Å². The highest BCUT2D eigenvalue weighted by molar-refractivity contribution is 7.99. The molecule has 34 heavy (non-hydrogen) atoms. The molecule has 0 spiro atoms. The summed E-state index contributed by atoms with van der Waals surface area (Å²) < 4.78 is 12.8. The Kier molecular flexibility index (Phi) is 6.60. The van der Waals surface area contributed by atoms with Crippen molar-refractivity contribution in [3.05, 3.63) is 89.2 Å². The number of hydrogen-bond acceptors (Lipinski definition) is 6. The Labute approximate surface area is 200 Å². The van der Waals surface area contributed by atoms with Crippen molar-refractivity contribution in [2.75, 3.05) is 32.1 Å². The molecule has 1 fully saturated rings. The Morgan fingerprint density at radius 2 is 1.59 bits per heavy atom. The third-order valence-corrected chi connectivity index (χ3v) is 6.43. The Balaban J connectivity index is 1.46. The van der Waals surface area contributed by atoms with Gasteiger partial charge in [-0.25, -0.2) is 4.98 Å². The van der Waals surface area contributed by atoms with E-state index in [2.05, 4.69) is 0 Å². The van der Waals surface area contributed by atoms with Crippen LogP contribution >= 0.6 is 11.8 Å². The van der Waals surface area contributed by atoms with Gasteiger partial charge in [0.15, 0.2) is 5.16 Å². The molecule has 0 bridgehead atoms. The number of carbonyl (C=O) groups is 1. The number of hydrogen-bond donors (Lipinski definition) is 0. The fraction of sp³-hybridized carbons (Fsp3) is 0.192. The first-order valence-corrected chi connectivity index (χ1v) is 12.0. The van der Waals surface area contributed by atoms with Gasteiger partial charge < -0.3 is 14.4 Å². The summed E-state index contributed by atoms with van der Waals surface area (Å²) in [5.41, 5.74) is 1.09. The lowest BCUT2D eigenvalue weighted by molar-refractivity contribution is -0.132. The summed E-state index contributed by atoms with van der Waals surface area (Å²) in [4.78, 5) is 32.6. The van der Waals surface area contributed by atoms with Gasteiger partial charge in [0.05, 0.1) is 35.6 Å². The van der Waals surface area contributed by atoms with Gasteiger partial charge in [0.2, 0.25) is 5.91 Å². The van der Waals surface area contributed by atoms with E-state index < -0.39 is 0 Å². The van der Waals surface area contributed by atoms with Crippen LogP contribution in [0, 0.1) is 0 Å². The van der Waals surface area contributed by atoms with Gasteiger partial charge in [-0.3, -0.25) is 14.2 Å². The second kappa shape index (κ2) is 10.1. The van der Waals surface area contributed by atoms with E-state index in [0.717, 1.165) is 5.75 Å². The zero-order chi connectivity index (χ0) is 23.3. The van der Waals surface area contributed by atoms with Gasteiger partial charge in [-0.1, -0.05) is 42.1 Å². The summed E-state index contributed by atoms with van der Waals surface area (Å²) in [6, 6.07) is 24.0. The van der Waals surface area contributed by atoms with Gasteiger partial charge >= 0.3 is 0 Å². The molecule has 7 nitrogen and oxygen atoms in total. The number of nitrogens with zero attached hydrogens (tertiary/aromatic N) is 3. The molecule has 0 unspecified atom stereocenters. The van der Waals surface area contributed by atoms with Crippen molar-refractivity contribution in [1.29, 1.82) is 0 Å². The number of aromatic nitrogens is 2. The first kappa shape index (κ1) is 22.2. The van der Waals surface area contributed by atoms with E-state index in [1.165, 1.54) is 11.8 Å². The summed E-state index contributed by atoms with van der Waals surface area (Å²) in [6.45, 7) is 2.26. The maximum atomic E-state index is 13.4. The second-order valence-corrected chi connectivity index (χ2v) is 8.69. The first-order valence-electron chi connectivity index (χ1n) is 11.0. The van der Waals surface area contributed by atoms with Crippen molar-refractivity contribution >= 4 is 28.6 Å². The number of morpholine rings is 1. The number of amides is 1. The van der Waals surface area contributed by atoms with Crippen LogP contribution in [-0.2, 0) is 9.53 Å². The third-order valence-electron chi connectivity index (χ3n) is 5.51. The van der Waals surface area contributed by atoms with Gasteiger partial charge in [0.1, 0.15) is 11.5 Å². The van der Waals surface area contributed by atoms with E-state index in [0.29, 0.717) is 53.8 Å². The Hall–Kier alpha value is -3.62. The lowest BCUT2D eigenvalue weighted by atomic mass is 10.2. The predicted octanol–water partition coefficient (Wildman–Crippen LogP) is 4.13. The van der Waals surface area contributed by atoms with Crippen molar-refractivity contribution in [2.45, 2.75) is 5.16 Å². The highest BCUT2D eigenvalue weighted by Gasteiger charge is 2.19. The van der Waals surface area contributed by atoms with E-state index in [4.69, 9.17) is 14.5 Å². The average Bonchev–Trinajstić information content (AvgIpc) is 2.89. The Morgan fingerprint density at radius 1 is 0.912 bits per heavy atom. The molecule has 1 amide bonds. The summed E-state index contributed by atoms with van der Waals surface area (Å²) in [7, 11) is 0. The van der Waals surface area contributed by atoms with Crippen LogP contribution in [0.2, 0.25) is 0 Å². The van der Waals surface area contributed by atoms with Gasteiger partial charge in [-0.05, 0) is 48.5 Å². The monoisotopic (exact) mass is 473 g/mol. The average molecular weight is 474 g/mol. The van der Waals surface area contributed by atoms with Crippen molar-refractivity contribution in [3.8, 4) is 17.2 Å². The van der Waals surface area contributed by atoms with E-state index in [1.807, 2.05) is 72.8 Å². The number of carbonyl (C=O) groups excluding carboxylic acids is 1. The summed E-state index contributed by atoms with van der Waals surface area (Å²) in [5.74, 6) is 1.60. The Morgan fingerprint density at radius 3 is 2.35 bits per heavy atom. The number of para-hydroxylation sites is 2. The van der Waals surface area contributed by atoms with Gasteiger partial charge in [-0.15, -0.1) is 0 Å². The summed E-state index contributed by atoms with van der Waals surface area (Å²) in [5, 5.41) is 0.998. The van der Waals surface area contributed by atoms with Crippen LogP contribution in [0.5, 0.6) is 11.5 Å². The van der Waals surface area contributed by atoms with Gasteiger partial charge in [0.25, 0.3) is 5.56 Å². The molecule has 1 saturated heterocycles. The molecule has 0 atom stereocenters. The molecule has 0 N–H and O–H groups in total. The largest absolute Gasteiger partial charge is 0.457 e. The molecular formula is C26H23N3O4S. The van der Waals surface area contributed by atoms with Gasteiger partial charge in [-0.2, -0.15) is 0 Å². The molecule has 1 aromatic heterocycles. The van der Waals surface area contributed by atoms with Crippen LogP contribution in [0.15, 0.2) is 88.8 Å². The van der Waals surface area contributed by atoms with E-state index >= 15 is 0 Å². The summed E-state index contributed by atoms with van der Waals surface area (Å²) >= 11 is 1.27. The molecule has 2 heterocycles. The minimum atomic E-state index is -0.177. The number of benzene rings is 3. The van der Waals surface area contributed by atoms with Crippen molar-refractivity contribution in [3.63, 3.8) is 0 Å². The highest BCUT2D eigenvalue weighted by atomic mass is 32.2. The maximum absolute atomic E-state index is 13.4. The van der Waals surface area contributed by atoms with Crippen LogP contribution in [0.3, 0.4) is 0 Å². The van der Waals surface area contributed by atoms with Crippen molar-refractivity contribution in [2.24, 2.45) is 0 Å². The van der Waals surface area contributed by atoms with Crippen LogP contribution in [0.1, 0.15) is 0 Å². The molecule has 1 aliphatic heterocycles. The number of fused-ring (bicyclic) bond motifs is 1. The van der Waals surface area contributed by atoms with E-state index in [1.54, 1.807) is 15.5 Å². The normalized spacial score (nSPS) is 13.7. The molecule has 8 heteroatoms. The van der Waals surface area contributed by atoms with Crippen LogP contribution < -0.4 is 10.3 Å². The molecule has 5 rings (SSSR count). The third kappa shape index (κ3) is 4.83. The summed E-state index contributed by atoms with van der Waals surface area (Å²) in [6.07, 6.45) is 0. The number of rotatable bonds is 6. The molecule has 0 aliphatic carbocycles. The smallest absolute Gasteiger partial charge is 0.266 e. The molecule has 0 saturated carbocycles. The molecule has 3 aromatic carbocycles. The quantitative estimate of drug-likeness (QED) is 0.310. The fourth-order valence-electron chi connectivity index (χ4n) is 3.76. The highest BCUT2D eigenvalue weighted by Crippen LogP contribution is 2.25. The lowest BCUT2D eigenvalue weighted by Gasteiger charge is -2.26. The Bertz CT molecular complexity index is 1350. The zero-order valence-corrected chi connectivity index (χ0v) is 19.2. The molecule has 172 valence electrons. The first-order chi connectivity index (χ1) is 16.7. The predicted molar refractivity (Wildman–Crippen MR) is 132 cm³/mol. The molecule has 4 aromatic rings. The standard InChI is InChI=1S/C26H23N3O4S/c30-24(28-14-16-32-17-15-28)18-34-26-27-23-9-5-4-8-22(23)25(31)29(26)19-10-12-21(13-11-19)33-20-6-2-1-3-7-20/h1-13H,14-18H2. The van der Waals surface area contributed by atoms with Gasteiger partial charge in [0, 0.05) is 13.1 Å². The minimum absolute atomic E-state index is 0.00821. The maximum Gasteiger partial charge on any atom is 0.266 e.